The van der Waals surface area contributed by atoms with Crippen LogP contribution in [0.15, 0.2) is 24.3 Å². The molecule has 0 aliphatic carbocycles. The number of nitrogens with zero attached hydrogens (tertiary/aromatic N) is 1. The lowest BCUT2D eigenvalue weighted by Crippen LogP contribution is -2.40. The molecule has 2 heteroatoms. The van der Waals surface area contributed by atoms with Crippen molar-refractivity contribution in [2.24, 2.45) is 5.73 Å². The van der Waals surface area contributed by atoms with Crippen molar-refractivity contribution in [2.75, 3.05) is 11.9 Å². The Morgan fingerprint density at radius 1 is 1.25 bits per heavy atom. The zero-order valence-corrected chi connectivity index (χ0v) is 11.1. The Balaban J connectivity index is 2.90. The second kappa shape index (κ2) is 4.88. The Bertz CT molecular complexity index is 325. The molecule has 0 fully saturated rings. The Labute approximate surface area is 99.5 Å². The highest BCUT2D eigenvalue weighted by Crippen LogP contribution is 2.25. The molecular formula is C14H24N2. The van der Waals surface area contributed by atoms with Gasteiger partial charge in [0.05, 0.1) is 0 Å². The van der Waals surface area contributed by atoms with Gasteiger partial charge in [-0.3, -0.25) is 0 Å². The minimum atomic E-state index is 0.110. The van der Waals surface area contributed by atoms with Crippen LogP contribution in [0, 0.1) is 0 Å². The van der Waals surface area contributed by atoms with Crippen LogP contribution in [0.2, 0.25) is 0 Å². The fourth-order valence-electron chi connectivity index (χ4n) is 1.59. The van der Waals surface area contributed by atoms with Gasteiger partial charge in [-0.15, -0.1) is 0 Å². The molecule has 1 aromatic rings. The van der Waals surface area contributed by atoms with Crippen LogP contribution in [0.4, 0.5) is 5.69 Å². The van der Waals surface area contributed by atoms with E-state index in [-0.39, 0.29) is 11.6 Å². The van der Waals surface area contributed by atoms with E-state index in [2.05, 4.69) is 57.0 Å². The minimum absolute atomic E-state index is 0.110. The highest BCUT2D eigenvalue weighted by molar-refractivity contribution is 5.49. The summed E-state index contributed by atoms with van der Waals surface area (Å²) < 4.78 is 0. The number of hydrogen-bond acceptors (Lipinski definition) is 2. The monoisotopic (exact) mass is 220 g/mol. The molecule has 90 valence electrons. The average Bonchev–Trinajstić information content (AvgIpc) is 2.28. The van der Waals surface area contributed by atoms with Crippen molar-refractivity contribution in [3.05, 3.63) is 29.8 Å². The van der Waals surface area contributed by atoms with Gasteiger partial charge in [0.25, 0.3) is 0 Å². The first kappa shape index (κ1) is 13.0. The number of rotatable bonds is 4. The topological polar surface area (TPSA) is 29.3 Å². The third-order valence-corrected chi connectivity index (χ3v) is 3.58. The molecule has 0 aromatic heterocycles. The van der Waals surface area contributed by atoms with E-state index < -0.39 is 0 Å². The summed E-state index contributed by atoms with van der Waals surface area (Å²) in [6, 6.07) is 8.63. The minimum Gasteiger partial charge on any atom is -0.369 e. The van der Waals surface area contributed by atoms with Gasteiger partial charge in [-0.25, -0.2) is 0 Å². The second-order valence-corrected chi connectivity index (χ2v) is 5.11. The highest BCUT2D eigenvalue weighted by atomic mass is 15.2. The van der Waals surface area contributed by atoms with Gasteiger partial charge in [-0.05, 0) is 44.9 Å². The third-order valence-electron chi connectivity index (χ3n) is 3.58. The molecule has 0 saturated heterocycles. The Morgan fingerprint density at radius 2 is 1.75 bits per heavy atom. The molecule has 2 nitrogen and oxygen atoms in total. The zero-order chi connectivity index (χ0) is 12.3. The van der Waals surface area contributed by atoms with Crippen molar-refractivity contribution in [1.29, 1.82) is 0 Å². The lowest BCUT2D eigenvalue weighted by Gasteiger charge is -2.37. The summed E-state index contributed by atoms with van der Waals surface area (Å²) in [5.74, 6) is 0. The first-order valence-electron chi connectivity index (χ1n) is 5.98. The smallest absolute Gasteiger partial charge is 0.0368 e. The Morgan fingerprint density at radius 3 is 2.12 bits per heavy atom. The van der Waals surface area contributed by atoms with Gasteiger partial charge >= 0.3 is 0 Å². The van der Waals surface area contributed by atoms with Crippen LogP contribution in [0.25, 0.3) is 0 Å². The molecule has 0 amide bonds. The van der Waals surface area contributed by atoms with Gasteiger partial charge < -0.3 is 10.6 Å². The molecule has 0 heterocycles. The molecular weight excluding hydrogens is 196 g/mol. The molecule has 16 heavy (non-hydrogen) atoms. The van der Waals surface area contributed by atoms with Crippen LogP contribution in [0.1, 0.15) is 45.7 Å². The summed E-state index contributed by atoms with van der Waals surface area (Å²) in [5, 5.41) is 0. The van der Waals surface area contributed by atoms with Crippen LogP contribution < -0.4 is 10.6 Å². The highest BCUT2D eigenvalue weighted by Gasteiger charge is 2.21. The van der Waals surface area contributed by atoms with E-state index in [1.54, 1.807) is 0 Å². The molecule has 0 saturated carbocycles. The maximum absolute atomic E-state index is 5.84. The predicted octanol–water partition coefficient (Wildman–Crippen LogP) is 3.33. The van der Waals surface area contributed by atoms with Gasteiger partial charge in [0.15, 0.2) is 0 Å². The SMILES string of the molecule is CCC(C)(C)N(C)c1ccc(C(C)N)cc1. The molecule has 1 unspecified atom stereocenters. The normalized spacial score (nSPS) is 13.6. The standard InChI is InChI=1S/C14H24N2/c1-6-14(3,4)16(5)13-9-7-12(8-10-13)11(2)15/h7-11H,6,15H2,1-5H3. The van der Waals surface area contributed by atoms with Gasteiger partial charge in [-0.2, -0.15) is 0 Å². The fourth-order valence-corrected chi connectivity index (χ4v) is 1.59. The molecule has 2 N–H and O–H groups in total. The van der Waals surface area contributed by atoms with E-state index in [0.717, 1.165) is 6.42 Å². The van der Waals surface area contributed by atoms with Crippen LogP contribution in [-0.4, -0.2) is 12.6 Å². The molecule has 0 spiro atoms. The van der Waals surface area contributed by atoms with E-state index in [4.69, 9.17) is 5.73 Å². The quantitative estimate of drug-likeness (QED) is 0.843. The molecule has 0 aliphatic rings. The van der Waals surface area contributed by atoms with Crippen LogP contribution >= 0.6 is 0 Å². The summed E-state index contributed by atoms with van der Waals surface area (Å²) >= 11 is 0. The molecule has 1 rings (SSSR count). The number of benzene rings is 1. The van der Waals surface area contributed by atoms with Crippen molar-refractivity contribution < 1.29 is 0 Å². The van der Waals surface area contributed by atoms with E-state index in [1.165, 1.54) is 11.3 Å². The Kier molecular flexibility index (Phi) is 3.98. The number of hydrogen-bond donors (Lipinski definition) is 1. The molecule has 1 aromatic carbocycles. The summed E-state index contributed by atoms with van der Waals surface area (Å²) in [4.78, 5) is 2.32. The van der Waals surface area contributed by atoms with Gasteiger partial charge in [0.1, 0.15) is 0 Å². The van der Waals surface area contributed by atoms with Gasteiger partial charge in [0, 0.05) is 24.3 Å². The molecule has 1 atom stereocenters. The molecule has 0 radical (unpaired) electrons. The summed E-state index contributed by atoms with van der Waals surface area (Å²) in [6.07, 6.45) is 1.12. The van der Waals surface area contributed by atoms with Crippen molar-refractivity contribution in [3.63, 3.8) is 0 Å². The maximum atomic E-state index is 5.84. The van der Waals surface area contributed by atoms with Crippen molar-refractivity contribution in [2.45, 2.75) is 45.7 Å². The van der Waals surface area contributed by atoms with Crippen molar-refractivity contribution >= 4 is 5.69 Å². The van der Waals surface area contributed by atoms with Crippen molar-refractivity contribution in [1.82, 2.24) is 0 Å². The summed E-state index contributed by atoms with van der Waals surface area (Å²) in [6.45, 7) is 8.74. The predicted molar refractivity (Wildman–Crippen MR) is 71.8 cm³/mol. The molecule has 0 aliphatic heterocycles. The van der Waals surface area contributed by atoms with Gasteiger partial charge in [-0.1, -0.05) is 19.1 Å². The summed E-state index contributed by atoms with van der Waals surface area (Å²) in [7, 11) is 2.14. The first-order valence-corrected chi connectivity index (χ1v) is 5.98. The van der Waals surface area contributed by atoms with Crippen molar-refractivity contribution in [3.8, 4) is 0 Å². The lowest BCUT2D eigenvalue weighted by molar-refractivity contribution is 0.471. The van der Waals surface area contributed by atoms with E-state index in [1.807, 2.05) is 6.92 Å². The first-order chi connectivity index (χ1) is 7.38. The van der Waals surface area contributed by atoms with Crippen LogP contribution in [0.3, 0.4) is 0 Å². The summed E-state index contributed by atoms with van der Waals surface area (Å²) in [5.41, 5.74) is 8.46. The number of anilines is 1. The fraction of sp³-hybridized carbons (Fsp3) is 0.571. The van der Waals surface area contributed by atoms with E-state index >= 15 is 0 Å². The van der Waals surface area contributed by atoms with E-state index in [9.17, 15) is 0 Å². The Hall–Kier alpha value is -1.02. The van der Waals surface area contributed by atoms with E-state index in [0.29, 0.717) is 0 Å². The maximum Gasteiger partial charge on any atom is 0.0368 e. The zero-order valence-electron chi connectivity index (χ0n) is 11.1. The third kappa shape index (κ3) is 2.76. The number of nitrogens with two attached hydrogens (primary N) is 1. The van der Waals surface area contributed by atoms with Crippen LogP contribution in [-0.2, 0) is 0 Å². The van der Waals surface area contributed by atoms with Crippen LogP contribution in [0.5, 0.6) is 0 Å². The average molecular weight is 220 g/mol. The molecule has 0 bridgehead atoms. The lowest BCUT2D eigenvalue weighted by atomic mass is 9.98. The van der Waals surface area contributed by atoms with Gasteiger partial charge in [0.2, 0.25) is 0 Å². The largest absolute Gasteiger partial charge is 0.369 e. The second-order valence-electron chi connectivity index (χ2n) is 5.11.